The molecule has 88 valence electrons. The molecule has 0 aliphatic rings. The first-order chi connectivity index (χ1) is 8.11. The number of methoxy groups -OCH3 is 1. The van der Waals surface area contributed by atoms with Gasteiger partial charge in [0, 0.05) is 5.56 Å². The number of ether oxygens (including phenoxy) is 1. The van der Waals surface area contributed by atoms with Gasteiger partial charge >= 0.3 is 0 Å². The van der Waals surface area contributed by atoms with Gasteiger partial charge in [-0.3, -0.25) is 0 Å². The van der Waals surface area contributed by atoms with Gasteiger partial charge in [0.05, 0.1) is 7.11 Å². The van der Waals surface area contributed by atoms with Crippen molar-refractivity contribution in [3.05, 3.63) is 35.2 Å². The lowest BCUT2D eigenvalue weighted by Crippen LogP contribution is -1.97. The quantitative estimate of drug-likeness (QED) is 0.893. The average molecular weight is 254 g/mol. The number of benzene rings is 1. The first kappa shape index (κ1) is 11.6. The Morgan fingerprint density at radius 2 is 2.06 bits per heavy atom. The molecule has 0 bridgehead atoms. The minimum Gasteiger partial charge on any atom is -0.494 e. The van der Waals surface area contributed by atoms with Gasteiger partial charge in [-0.05, 0) is 23.8 Å². The Bertz CT molecular complexity index is 562. The van der Waals surface area contributed by atoms with Crippen LogP contribution in [0.2, 0.25) is 5.15 Å². The largest absolute Gasteiger partial charge is 0.494 e. The van der Waals surface area contributed by atoms with Crippen LogP contribution in [0.4, 0.5) is 10.2 Å². The number of nitrogen functional groups attached to an aromatic ring is 1. The zero-order valence-corrected chi connectivity index (χ0v) is 9.70. The second-order valence-corrected chi connectivity index (χ2v) is 3.70. The van der Waals surface area contributed by atoms with Crippen LogP contribution in [0, 0.1) is 5.82 Å². The van der Waals surface area contributed by atoms with Crippen LogP contribution in [0.25, 0.3) is 11.1 Å². The van der Waals surface area contributed by atoms with Gasteiger partial charge in [0.25, 0.3) is 0 Å². The number of rotatable bonds is 2. The van der Waals surface area contributed by atoms with E-state index in [9.17, 15) is 4.39 Å². The molecule has 0 spiro atoms. The van der Waals surface area contributed by atoms with Crippen molar-refractivity contribution in [1.82, 2.24) is 10.2 Å². The average Bonchev–Trinajstić information content (AvgIpc) is 2.32. The van der Waals surface area contributed by atoms with Gasteiger partial charge in [0.1, 0.15) is 0 Å². The molecule has 4 nitrogen and oxygen atoms in total. The van der Waals surface area contributed by atoms with Crippen LogP contribution in [-0.2, 0) is 0 Å². The number of anilines is 1. The van der Waals surface area contributed by atoms with Crippen molar-refractivity contribution < 1.29 is 9.13 Å². The third-order valence-electron chi connectivity index (χ3n) is 2.26. The van der Waals surface area contributed by atoms with Crippen molar-refractivity contribution in [2.45, 2.75) is 0 Å². The zero-order chi connectivity index (χ0) is 12.4. The maximum Gasteiger partial charge on any atom is 0.165 e. The third kappa shape index (κ3) is 2.29. The Kier molecular flexibility index (Phi) is 3.10. The van der Waals surface area contributed by atoms with E-state index in [1.54, 1.807) is 6.07 Å². The van der Waals surface area contributed by atoms with Crippen molar-refractivity contribution in [1.29, 1.82) is 0 Å². The SMILES string of the molecule is COc1ccc(-c2cc(Cl)nnc2N)cc1F. The number of hydrogen-bond acceptors (Lipinski definition) is 4. The molecule has 1 aromatic heterocycles. The van der Waals surface area contributed by atoms with Gasteiger partial charge in [-0.1, -0.05) is 17.7 Å². The molecule has 0 unspecified atom stereocenters. The summed E-state index contributed by atoms with van der Waals surface area (Å²) in [7, 11) is 1.40. The summed E-state index contributed by atoms with van der Waals surface area (Å²) in [6, 6.07) is 6.03. The molecule has 0 atom stereocenters. The van der Waals surface area contributed by atoms with Gasteiger partial charge in [-0.15, -0.1) is 10.2 Å². The van der Waals surface area contributed by atoms with E-state index in [2.05, 4.69) is 10.2 Å². The molecule has 17 heavy (non-hydrogen) atoms. The summed E-state index contributed by atoms with van der Waals surface area (Å²) in [4.78, 5) is 0. The molecule has 2 rings (SSSR count). The smallest absolute Gasteiger partial charge is 0.165 e. The molecule has 0 radical (unpaired) electrons. The summed E-state index contributed by atoms with van der Waals surface area (Å²) in [6.07, 6.45) is 0. The lowest BCUT2D eigenvalue weighted by Gasteiger charge is -2.07. The van der Waals surface area contributed by atoms with Crippen molar-refractivity contribution in [2.75, 3.05) is 12.8 Å². The van der Waals surface area contributed by atoms with Crippen molar-refractivity contribution in [2.24, 2.45) is 0 Å². The zero-order valence-electron chi connectivity index (χ0n) is 8.95. The second kappa shape index (κ2) is 4.55. The second-order valence-electron chi connectivity index (χ2n) is 3.32. The van der Waals surface area contributed by atoms with E-state index < -0.39 is 5.82 Å². The molecule has 0 saturated heterocycles. The molecule has 1 aromatic carbocycles. The van der Waals surface area contributed by atoms with Crippen molar-refractivity contribution in [3.63, 3.8) is 0 Å². The number of aromatic nitrogens is 2. The molecule has 0 saturated carbocycles. The van der Waals surface area contributed by atoms with Gasteiger partial charge < -0.3 is 10.5 Å². The number of nitrogens with two attached hydrogens (primary N) is 1. The van der Waals surface area contributed by atoms with Crippen LogP contribution >= 0.6 is 11.6 Å². The fourth-order valence-electron chi connectivity index (χ4n) is 1.44. The minimum absolute atomic E-state index is 0.167. The van der Waals surface area contributed by atoms with E-state index in [1.165, 1.54) is 25.3 Å². The first-order valence-electron chi connectivity index (χ1n) is 4.74. The Hall–Kier alpha value is -1.88. The lowest BCUT2D eigenvalue weighted by atomic mass is 10.1. The third-order valence-corrected chi connectivity index (χ3v) is 2.44. The summed E-state index contributed by atoms with van der Waals surface area (Å²) in [5.74, 6) is -0.114. The molecule has 1 heterocycles. The number of hydrogen-bond donors (Lipinski definition) is 1. The molecule has 2 N–H and O–H groups in total. The van der Waals surface area contributed by atoms with Gasteiger partial charge in [-0.25, -0.2) is 4.39 Å². The highest BCUT2D eigenvalue weighted by molar-refractivity contribution is 6.29. The summed E-state index contributed by atoms with van der Waals surface area (Å²) < 4.78 is 18.4. The fraction of sp³-hybridized carbons (Fsp3) is 0.0909. The van der Waals surface area contributed by atoms with Gasteiger partial charge in [0.15, 0.2) is 22.5 Å². The van der Waals surface area contributed by atoms with Crippen LogP contribution in [-0.4, -0.2) is 17.3 Å². The highest BCUT2D eigenvalue weighted by atomic mass is 35.5. The highest BCUT2D eigenvalue weighted by Gasteiger charge is 2.09. The maximum atomic E-state index is 13.5. The summed E-state index contributed by atoms with van der Waals surface area (Å²) in [6.45, 7) is 0. The Morgan fingerprint density at radius 1 is 1.29 bits per heavy atom. The Balaban J connectivity index is 2.53. The van der Waals surface area contributed by atoms with E-state index in [0.717, 1.165) is 0 Å². The van der Waals surface area contributed by atoms with E-state index >= 15 is 0 Å². The standard InChI is InChI=1S/C11H9ClFN3O/c1-17-9-3-2-6(4-8(9)13)7-5-10(12)15-16-11(7)14/h2-5H,1H3,(H2,14,16). The minimum atomic E-state index is -0.475. The molecule has 0 fully saturated rings. The van der Waals surface area contributed by atoms with E-state index in [4.69, 9.17) is 22.1 Å². The number of halogens is 2. The summed E-state index contributed by atoms with van der Waals surface area (Å²) in [5.41, 5.74) is 6.76. The van der Waals surface area contributed by atoms with Crippen LogP contribution in [0.1, 0.15) is 0 Å². The lowest BCUT2D eigenvalue weighted by molar-refractivity contribution is 0.386. The van der Waals surface area contributed by atoms with Crippen LogP contribution in [0.15, 0.2) is 24.3 Å². The summed E-state index contributed by atoms with van der Waals surface area (Å²) >= 11 is 5.72. The maximum absolute atomic E-state index is 13.5. The molecule has 6 heteroatoms. The predicted molar refractivity (Wildman–Crippen MR) is 63.4 cm³/mol. The fourth-order valence-corrected chi connectivity index (χ4v) is 1.59. The van der Waals surface area contributed by atoms with E-state index in [-0.39, 0.29) is 16.7 Å². The van der Waals surface area contributed by atoms with Crippen molar-refractivity contribution in [3.8, 4) is 16.9 Å². The first-order valence-corrected chi connectivity index (χ1v) is 5.12. The van der Waals surface area contributed by atoms with Gasteiger partial charge in [-0.2, -0.15) is 0 Å². The van der Waals surface area contributed by atoms with Crippen LogP contribution in [0.5, 0.6) is 5.75 Å². The molecule has 0 amide bonds. The van der Waals surface area contributed by atoms with Crippen LogP contribution in [0.3, 0.4) is 0 Å². The predicted octanol–water partition coefficient (Wildman–Crippen LogP) is 2.53. The monoisotopic (exact) mass is 253 g/mol. The molecular formula is C11H9ClFN3O. The molecular weight excluding hydrogens is 245 g/mol. The van der Waals surface area contributed by atoms with Gasteiger partial charge in [0.2, 0.25) is 0 Å². The molecule has 0 aliphatic carbocycles. The van der Waals surface area contributed by atoms with Crippen LogP contribution < -0.4 is 10.5 Å². The molecule has 0 aliphatic heterocycles. The summed E-state index contributed by atoms with van der Waals surface area (Å²) in [5, 5.41) is 7.46. The Morgan fingerprint density at radius 3 is 2.71 bits per heavy atom. The van der Waals surface area contributed by atoms with E-state index in [0.29, 0.717) is 11.1 Å². The highest BCUT2D eigenvalue weighted by Crippen LogP contribution is 2.29. The van der Waals surface area contributed by atoms with E-state index in [1.807, 2.05) is 0 Å². The molecule has 2 aromatic rings. The van der Waals surface area contributed by atoms with Crippen molar-refractivity contribution >= 4 is 17.4 Å². The Labute approximate surface area is 102 Å². The topological polar surface area (TPSA) is 61.0 Å². The normalized spacial score (nSPS) is 10.3. The number of nitrogens with zero attached hydrogens (tertiary/aromatic N) is 2.